The maximum Gasteiger partial charge on any atom is 0.258 e. The van der Waals surface area contributed by atoms with Crippen molar-refractivity contribution >= 4 is 23.4 Å². The van der Waals surface area contributed by atoms with Crippen LogP contribution in [0.5, 0.6) is 5.75 Å². The minimum Gasteiger partial charge on any atom is -0.484 e. The molecule has 0 saturated heterocycles. The number of aryl methyl sites for hydroxylation is 2. The van der Waals surface area contributed by atoms with Gasteiger partial charge in [0.15, 0.2) is 6.61 Å². The second-order valence-corrected chi connectivity index (χ2v) is 9.18. The van der Waals surface area contributed by atoms with Crippen LogP contribution in [0.3, 0.4) is 0 Å². The number of rotatable bonds is 8. The number of hydrogen-bond donors (Lipinski definition) is 2. The lowest BCUT2D eigenvalue weighted by atomic mass is 9.39. The number of aromatic nitrogens is 1. The van der Waals surface area contributed by atoms with Crippen LogP contribution in [-0.4, -0.2) is 35.5 Å². The molecule has 5 rings (SSSR count). The van der Waals surface area contributed by atoms with Crippen molar-refractivity contribution in [3.8, 4) is 5.75 Å². The Morgan fingerprint density at radius 2 is 1.84 bits per heavy atom. The highest BCUT2D eigenvalue weighted by molar-refractivity contribution is 6.30. The van der Waals surface area contributed by atoms with Gasteiger partial charge >= 0.3 is 0 Å². The predicted octanol–water partition coefficient (Wildman–Crippen LogP) is 3.27. The first-order valence-electron chi connectivity index (χ1n) is 10.3. The van der Waals surface area contributed by atoms with E-state index in [2.05, 4.69) is 15.6 Å². The summed E-state index contributed by atoms with van der Waals surface area (Å²) in [5, 5.41) is 5.99. The van der Waals surface area contributed by atoms with Crippen molar-refractivity contribution in [2.75, 3.05) is 13.2 Å². The van der Waals surface area contributed by atoms with Crippen LogP contribution >= 0.6 is 11.6 Å². The zero-order valence-corrected chi connectivity index (χ0v) is 18.3. The number of hydrogen-bond acceptors (Lipinski definition) is 4. The van der Waals surface area contributed by atoms with Crippen LogP contribution < -0.4 is 15.4 Å². The van der Waals surface area contributed by atoms with Gasteiger partial charge in [-0.15, -0.1) is 0 Å². The summed E-state index contributed by atoms with van der Waals surface area (Å²) in [5.41, 5.74) is 2.43. The number of nitrogens with zero attached hydrogens (tertiary/aromatic N) is 1. The molecule has 2 N–H and O–H groups in total. The van der Waals surface area contributed by atoms with Gasteiger partial charge in [-0.1, -0.05) is 11.6 Å². The van der Waals surface area contributed by atoms with Gasteiger partial charge in [-0.05, 0) is 69.4 Å². The van der Waals surface area contributed by atoms with Crippen molar-refractivity contribution in [1.29, 1.82) is 0 Å². The molecule has 2 amide bonds. The summed E-state index contributed by atoms with van der Waals surface area (Å²) in [7, 11) is 0. The van der Waals surface area contributed by atoms with Gasteiger partial charge in [-0.25, -0.2) is 4.39 Å². The molecule has 6 nitrogen and oxygen atoms in total. The molecule has 164 valence electrons. The van der Waals surface area contributed by atoms with Crippen molar-refractivity contribution in [2.45, 2.75) is 45.1 Å². The summed E-state index contributed by atoms with van der Waals surface area (Å²) in [5.74, 6) is -0.585. The fraction of sp³-hybridized carbons (Fsp3) is 0.435. The van der Waals surface area contributed by atoms with Gasteiger partial charge in [0.05, 0.1) is 10.4 Å². The summed E-state index contributed by atoms with van der Waals surface area (Å²) in [4.78, 5) is 29.2. The third-order valence-electron chi connectivity index (χ3n) is 6.02. The first kappa shape index (κ1) is 21.6. The molecule has 2 bridgehead atoms. The molecule has 2 aromatic rings. The van der Waals surface area contributed by atoms with E-state index >= 15 is 0 Å². The van der Waals surface area contributed by atoms with E-state index in [9.17, 15) is 14.0 Å². The fourth-order valence-corrected chi connectivity index (χ4v) is 4.90. The largest absolute Gasteiger partial charge is 0.484 e. The zero-order chi connectivity index (χ0) is 22.2. The monoisotopic (exact) mass is 445 g/mol. The van der Waals surface area contributed by atoms with E-state index in [-0.39, 0.29) is 40.1 Å². The van der Waals surface area contributed by atoms with Crippen LogP contribution in [0.4, 0.5) is 4.39 Å². The standard InChI is InChI=1S/C23H25ClFN3O3/c1-14-7-16(8-15(2)27-14)5-6-26-21(30)22-11-23(12-22,13-22)28-20(29)10-31-17-3-4-18(24)19(25)9-17/h3-4,7-9H,5-6,10-13H2,1-2H3,(H,26,30)(H,28,29). The third kappa shape index (κ3) is 4.51. The van der Waals surface area contributed by atoms with E-state index in [1.165, 1.54) is 12.1 Å². The topological polar surface area (TPSA) is 80.3 Å². The second-order valence-electron chi connectivity index (χ2n) is 8.77. The minimum absolute atomic E-state index is 0.000229. The molecule has 3 aliphatic carbocycles. The molecule has 3 saturated carbocycles. The maximum absolute atomic E-state index is 13.4. The molecule has 0 radical (unpaired) electrons. The summed E-state index contributed by atoms with van der Waals surface area (Å²) >= 11 is 5.63. The van der Waals surface area contributed by atoms with Gasteiger partial charge in [0.25, 0.3) is 5.91 Å². The predicted molar refractivity (Wildman–Crippen MR) is 114 cm³/mol. The Balaban J connectivity index is 1.18. The van der Waals surface area contributed by atoms with E-state index in [0.29, 0.717) is 25.8 Å². The number of carbonyl (C=O) groups excluding carboxylic acids is 2. The third-order valence-corrected chi connectivity index (χ3v) is 6.32. The van der Waals surface area contributed by atoms with Gasteiger partial charge in [-0.3, -0.25) is 14.6 Å². The first-order valence-corrected chi connectivity index (χ1v) is 10.7. The summed E-state index contributed by atoms with van der Waals surface area (Å²) in [6.07, 6.45) is 2.68. The van der Waals surface area contributed by atoms with E-state index in [4.69, 9.17) is 16.3 Å². The number of pyridine rings is 1. The number of ether oxygens (including phenoxy) is 1. The lowest BCUT2D eigenvalue weighted by Gasteiger charge is -2.69. The van der Waals surface area contributed by atoms with Gasteiger partial charge < -0.3 is 15.4 Å². The van der Waals surface area contributed by atoms with Crippen molar-refractivity contribution in [3.05, 3.63) is 58.1 Å². The highest BCUT2D eigenvalue weighted by atomic mass is 35.5. The molecular formula is C23H25ClFN3O3. The Labute approximate surface area is 185 Å². The van der Waals surface area contributed by atoms with Gasteiger partial charge in [-0.2, -0.15) is 0 Å². The van der Waals surface area contributed by atoms with Gasteiger partial charge in [0.2, 0.25) is 5.91 Å². The zero-order valence-electron chi connectivity index (χ0n) is 17.6. The second kappa shape index (κ2) is 8.11. The number of amides is 2. The molecule has 3 aliphatic rings. The number of nitrogens with one attached hydrogen (secondary N) is 2. The molecule has 0 aliphatic heterocycles. The SMILES string of the molecule is Cc1cc(CCNC(=O)C23CC(NC(=O)COc4ccc(Cl)c(F)c4)(C2)C3)cc(C)n1. The van der Waals surface area contributed by atoms with Crippen molar-refractivity contribution in [2.24, 2.45) is 5.41 Å². The number of benzene rings is 1. The molecule has 31 heavy (non-hydrogen) atoms. The van der Waals surface area contributed by atoms with Crippen molar-refractivity contribution in [1.82, 2.24) is 15.6 Å². The van der Waals surface area contributed by atoms with Crippen LogP contribution in [0.15, 0.2) is 30.3 Å². The highest BCUT2D eigenvalue weighted by Gasteiger charge is 2.72. The van der Waals surface area contributed by atoms with Crippen molar-refractivity contribution in [3.63, 3.8) is 0 Å². The quantitative estimate of drug-likeness (QED) is 0.653. The van der Waals surface area contributed by atoms with E-state index < -0.39 is 5.82 Å². The molecule has 0 spiro atoms. The molecule has 1 aromatic carbocycles. The van der Waals surface area contributed by atoms with Crippen molar-refractivity contribution < 1.29 is 18.7 Å². The van der Waals surface area contributed by atoms with E-state index in [1.54, 1.807) is 0 Å². The lowest BCUT2D eigenvalue weighted by Crippen LogP contribution is -2.78. The van der Waals surface area contributed by atoms with Crippen LogP contribution in [0.2, 0.25) is 5.02 Å². The highest BCUT2D eigenvalue weighted by Crippen LogP contribution is 2.67. The van der Waals surface area contributed by atoms with Crippen LogP contribution in [0.1, 0.15) is 36.2 Å². The van der Waals surface area contributed by atoms with Gasteiger partial charge in [0, 0.05) is 29.5 Å². The van der Waals surface area contributed by atoms with E-state index in [0.717, 1.165) is 29.4 Å². The van der Waals surface area contributed by atoms with Crippen LogP contribution in [0.25, 0.3) is 0 Å². The lowest BCUT2D eigenvalue weighted by molar-refractivity contribution is -0.183. The molecule has 8 heteroatoms. The average molecular weight is 446 g/mol. The van der Waals surface area contributed by atoms with Crippen LogP contribution in [0, 0.1) is 25.1 Å². The smallest absolute Gasteiger partial charge is 0.258 e. The number of carbonyl (C=O) groups is 2. The molecule has 1 aromatic heterocycles. The first-order chi connectivity index (χ1) is 14.7. The summed E-state index contributed by atoms with van der Waals surface area (Å²) in [6.45, 7) is 4.29. The van der Waals surface area contributed by atoms with Crippen LogP contribution in [-0.2, 0) is 16.0 Å². The Morgan fingerprint density at radius 3 is 2.48 bits per heavy atom. The summed E-state index contributed by atoms with van der Waals surface area (Å²) < 4.78 is 18.8. The van der Waals surface area contributed by atoms with Gasteiger partial charge in [0.1, 0.15) is 11.6 Å². The fourth-order valence-electron chi connectivity index (χ4n) is 4.78. The molecule has 0 atom stereocenters. The Kier molecular flexibility index (Phi) is 5.64. The van der Waals surface area contributed by atoms with E-state index in [1.807, 2.05) is 26.0 Å². The molecule has 0 unspecified atom stereocenters. The molecule has 3 fully saturated rings. The number of halogens is 2. The normalized spacial score (nSPS) is 23.4. The summed E-state index contributed by atoms with van der Waals surface area (Å²) in [6, 6.07) is 8.10. The Hall–Kier alpha value is -2.67. The molecule has 1 heterocycles. The Bertz CT molecular complexity index is 1000. The maximum atomic E-state index is 13.4. The molecular weight excluding hydrogens is 421 g/mol. The Morgan fingerprint density at radius 1 is 1.16 bits per heavy atom. The average Bonchev–Trinajstić information content (AvgIpc) is 2.63. The minimum atomic E-state index is -0.596.